The number of fused-ring (bicyclic) bond motifs is 1. The van der Waals surface area contributed by atoms with Crippen LogP contribution in [0.3, 0.4) is 0 Å². The Balaban J connectivity index is 2.54. The number of methoxy groups -OCH3 is 2. The zero-order chi connectivity index (χ0) is 12.3. The van der Waals surface area contributed by atoms with Crippen molar-refractivity contribution in [2.45, 2.75) is 12.8 Å². The fraction of sp³-hybridized carbons (Fsp3) is 0.308. The summed E-state index contributed by atoms with van der Waals surface area (Å²) < 4.78 is 10.5. The Morgan fingerprint density at radius 1 is 1.29 bits per heavy atom. The van der Waals surface area contributed by atoms with E-state index in [2.05, 4.69) is 11.1 Å². The van der Waals surface area contributed by atoms with Crippen molar-refractivity contribution in [2.75, 3.05) is 14.2 Å². The normalized spacial score (nSPS) is 10.2. The number of aryl methyl sites for hydroxylation is 1. The molecule has 0 aliphatic heterocycles. The maximum atomic E-state index is 8.63. The highest BCUT2D eigenvalue weighted by Crippen LogP contribution is 2.32. The van der Waals surface area contributed by atoms with E-state index in [4.69, 9.17) is 14.7 Å². The van der Waals surface area contributed by atoms with E-state index in [1.165, 1.54) is 0 Å². The number of H-pyrrole nitrogens is 1. The number of nitrogens with zero attached hydrogens (tertiary/aromatic N) is 1. The summed E-state index contributed by atoms with van der Waals surface area (Å²) in [6.45, 7) is 0. The molecular formula is C13H14N2O2. The molecule has 17 heavy (non-hydrogen) atoms. The van der Waals surface area contributed by atoms with Gasteiger partial charge in [0.15, 0.2) is 0 Å². The first-order chi connectivity index (χ1) is 8.30. The van der Waals surface area contributed by atoms with Crippen molar-refractivity contribution < 1.29 is 9.47 Å². The third kappa shape index (κ3) is 2.04. The minimum absolute atomic E-state index is 0.506. The van der Waals surface area contributed by atoms with Crippen LogP contribution in [-0.2, 0) is 6.42 Å². The summed E-state index contributed by atoms with van der Waals surface area (Å²) in [5, 5.41) is 9.68. The van der Waals surface area contributed by atoms with Crippen molar-refractivity contribution in [1.29, 1.82) is 5.26 Å². The monoisotopic (exact) mass is 230 g/mol. The van der Waals surface area contributed by atoms with Crippen molar-refractivity contribution in [3.05, 3.63) is 23.9 Å². The maximum Gasteiger partial charge on any atom is 0.146 e. The van der Waals surface area contributed by atoms with Gasteiger partial charge in [0.25, 0.3) is 0 Å². The summed E-state index contributed by atoms with van der Waals surface area (Å²) in [6.07, 6.45) is 3.16. The SMILES string of the molecule is COc1cc(OC)c2[nH]cc(CCC#N)c2c1. The average molecular weight is 230 g/mol. The molecule has 0 saturated carbocycles. The van der Waals surface area contributed by atoms with Crippen molar-refractivity contribution in [3.63, 3.8) is 0 Å². The minimum atomic E-state index is 0.506. The van der Waals surface area contributed by atoms with Crippen LogP contribution in [0.4, 0.5) is 0 Å². The van der Waals surface area contributed by atoms with Crippen LogP contribution >= 0.6 is 0 Å². The summed E-state index contributed by atoms with van der Waals surface area (Å²) in [4.78, 5) is 3.18. The second-order valence-electron chi connectivity index (χ2n) is 3.72. The van der Waals surface area contributed by atoms with Crippen molar-refractivity contribution in [1.82, 2.24) is 4.98 Å². The lowest BCUT2D eigenvalue weighted by molar-refractivity contribution is 0.397. The molecule has 1 N–H and O–H groups in total. The van der Waals surface area contributed by atoms with Crippen molar-refractivity contribution in [2.24, 2.45) is 0 Å². The fourth-order valence-corrected chi connectivity index (χ4v) is 1.91. The van der Waals surface area contributed by atoms with Crippen LogP contribution in [0.25, 0.3) is 10.9 Å². The number of aromatic amines is 1. The molecule has 0 fully saturated rings. The van der Waals surface area contributed by atoms with Gasteiger partial charge in [-0.1, -0.05) is 0 Å². The predicted molar refractivity (Wildman–Crippen MR) is 65.3 cm³/mol. The third-order valence-electron chi connectivity index (χ3n) is 2.77. The molecule has 4 nitrogen and oxygen atoms in total. The van der Waals surface area contributed by atoms with E-state index in [0.29, 0.717) is 6.42 Å². The lowest BCUT2D eigenvalue weighted by Crippen LogP contribution is -1.89. The van der Waals surface area contributed by atoms with Crippen molar-refractivity contribution >= 4 is 10.9 Å². The molecule has 0 radical (unpaired) electrons. The molecule has 0 spiro atoms. The van der Waals surface area contributed by atoms with Crippen LogP contribution in [0, 0.1) is 11.3 Å². The molecule has 0 unspecified atom stereocenters. The molecule has 1 aromatic heterocycles. The first kappa shape index (κ1) is 11.3. The van der Waals surface area contributed by atoms with E-state index in [-0.39, 0.29) is 0 Å². The number of ether oxygens (including phenoxy) is 2. The molecule has 0 aliphatic rings. The summed E-state index contributed by atoms with van der Waals surface area (Å²) in [5.74, 6) is 1.51. The lowest BCUT2D eigenvalue weighted by atomic mass is 10.1. The van der Waals surface area contributed by atoms with Gasteiger partial charge in [0.1, 0.15) is 11.5 Å². The van der Waals surface area contributed by atoms with Gasteiger partial charge in [-0.15, -0.1) is 0 Å². The molecule has 2 aromatic rings. The molecular weight excluding hydrogens is 216 g/mol. The van der Waals surface area contributed by atoms with Gasteiger partial charge in [-0.3, -0.25) is 0 Å². The molecule has 0 saturated heterocycles. The Morgan fingerprint density at radius 3 is 2.76 bits per heavy atom. The molecule has 4 heteroatoms. The second kappa shape index (κ2) is 4.79. The Morgan fingerprint density at radius 2 is 2.12 bits per heavy atom. The highest BCUT2D eigenvalue weighted by molar-refractivity contribution is 5.90. The lowest BCUT2D eigenvalue weighted by Gasteiger charge is -2.06. The van der Waals surface area contributed by atoms with Crippen LogP contribution in [0.15, 0.2) is 18.3 Å². The minimum Gasteiger partial charge on any atom is -0.497 e. The van der Waals surface area contributed by atoms with Gasteiger partial charge in [-0.05, 0) is 18.1 Å². The van der Waals surface area contributed by atoms with Crippen LogP contribution < -0.4 is 9.47 Å². The van der Waals surface area contributed by atoms with Gasteiger partial charge < -0.3 is 14.5 Å². The molecule has 0 amide bonds. The van der Waals surface area contributed by atoms with Crippen LogP contribution in [0.5, 0.6) is 11.5 Å². The van der Waals surface area contributed by atoms with Gasteiger partial charge in [-0.2, -0.15) is 5.26 Å². The highest BCUT2D eigenvalue weighted by atomic mass is 16.5. The van der Waals surface area contributed by atoms with Gasteiger partial charge >= 0.3 is 0 Å². The van der Waals surface area contributed by atoms with E-state index in [1.807, 2.05) is 18.3 Å². The van der Waals surface area contributed by atoms with E-state index in [0.717, 1.165) is 34.4 Å². The topological polar surface area (TPSA) is 58.0 Å². The number of aromatic nitrogens is 1. The van der Waals surface area contributed by atoms with Gasteiger partial charge in [0.2, 0.25) is 0 Å². The standard InChI is InChI=1S/C13H14N2O2/c1-16-10-6-11-9(4-3-5-14)8-15-13(11)12(7-10)17-2/h6-8,15H,3-4H2,1-2H3. The molecule has 88 valence electrons. The number of hydrogen-bond donors (Lipinski definition) is 1. The number of nitrogens with one attached hydrogen (secondary N) is 1. The Labute approximate surface area is 99.8 Å². The number of rotatable bonds is 4. The summed E-state index contributed by atoms with van der Waals surface area (Å²) in [7, 11) is 3.26. The molecule has 1 heterocycles. The zero-order valence-corrected chi connectivity index (χ0v) is 9.91. The van der Waals surface area contributed by atoms with E-state index >= 15 is 0 Å². The quantitative estimate of drug-likeness (QED) is 0.878. The van der Waals surface area contributed by atoms with E-state index in [9.17, 15) is 0 Å². The second-order valence-corrected chi connectivity index (χ2v) is 3.72. The van der Waals surface area contributed by atoms with Gasteiger partial charge in [0.05, 0.1) is 25.8 Å². The van der Waals surface area contributed by atoms with E-state index < -0.39 is 0 Å². The smallest absolute Gasteiger partial charge is 0.146 e. The largest absolute Gasteiger partial charge is 0.497 e. The van der Waals surface area contributed by atoms with Gasteiger partial charge in [0, 0.05) is 24.1 Å². The average Bonchev–Trinajstić information content (AvgIpc) is 2.78. The van der Waals surface area contributed by atoms with Crippen LogP contribution in [0.1, 0.15) is 12.0 Å². The molecule has 0 aliphatic carbocycles. The molecule has 1 aromatic carbocycles. The maximum absolute atomic E-state index is 8.63. The molecule has 0 bridgehead atoms. The Hall–Kier alpha value is -2.15. The number of benzene rings is 1. The van der Waals surface area contributed by atoms with Gasteiger partial charge in [-0.25, -0.2) is 0 Å². The van der Waals surface area contributed by atoms with Crippen LogP contribution in [-0.4, -0.2) is 19.2 Å². The zero-order valence-electron chi connectivity index (χ0n) is 9.91. The predicted octanol–water partition coefficient (Wildman–Crippen LogP) is 2.64. The first-order valence-corrected chi connectivity index (χ1v) is 5.39. The first-order valence-electron chi connectivity index (χ1n) is 5.39. The van der Waals surface area contributed by atoms with E-state index in [1.54, 1.807) is 14.2 Å². The third-order valence-corrected chi connectivity index (χ3v) is 2.77. The summed E-state index contributed by atoms with van der Waals surface area (Å²) in [6, 6.07) is 5.95. The summed E-state index contributed by atoms with van der Waals surface area (Å²) >= 11 is 0. The number of nitriles is 1. The highest BCUT2D eigenvalue weighted by Gasteiger charge is 2.10. The van der Waals surface area contributed by atoms with Crippen molar-refractivity contribution in [3.8, 4) is 17.6 Å². The molecule has 0 atom stereocenters. The Kier molecular flexibility index (Phi) is 3.20. The fourth-order valence-electron chi connectivity index (χ4n) is 1.91. The Bertz CT molecular complexity index is 567. The number of hydrogen-bond acceptors (Lipinski definition) is 3. The summed E-state index contributed by atoms with van der Waals surface area (Å²) in [5.41, 5.74) is 2.06. The van der Waals surface area contributed by atoms with Crippen LogP contribution in [0.2, 0.25) is 0 Å². The molecule has 2 rings (SSSR count).